The van der Waals surface area contributed by atoms with Gasteiger partial charge in [0.25, 0.3) is 0 Å². The predicted molar refractivity (Wildman–Crippen MR) is 99.3 cm³/mol. The van der Waals surface area contributed by atoms with Crippen LogP contribution in [0.15, 0.2) is 18.2 Å². The molecule has 1 amide bonds. The maximum absolute atomic E-state index is 14.2. The van der Waals surface area contributed by atoms with Gasteiger partial charge in [-0.25, -0.2) is 4.39 Å². The zero-order chi connectivity index (χ0) is 18.4. The van der Waals surface area contributed by atoms with E-state index in [1.807, 2.05) is 0 Å². The molecule has 3 nitrogen and oxygen atoms in total. The van der Waals surface area contributed by atoms with E-state index >= 15 is 0 Å². The largest absolute Gasteiger partial charge is 0.353 e. The molecule has 5 heteroatoms. The molecule has 2 unspecified atom stereocenters. The fourth-order valence-corrected chi connectivity index (χ4v) is 4.88. The topological polar surface area (TPSA) is 41.1 Å². The third-order valence-corrected chi connectivity index (χ3v) is 5.74. The summed E-state index contributed by atoms with van der Waals surface area (Å²) < 4.78 is 14.2. The van der Waals surface area contributed by atoms with Crippen molar-refractivity contribution in [1.29, 1.82) is 0 Å². The number of piperidine rings is 1. The Morgan fingerprint density at radius 2 is 1.84 bits per heavy atom. The summed E-state index contributed by atoms with van der Waals surface area (Å²) in [5.74, 6) is -0.431. The number of amides is 1. The number of carbonyl (C=O) groups excluding carboxylic acids is 1. The molecule has 2 atom stereocenters. The Kier molecular flexibility index (Phi) is 4.89. The van der Waals surface area contributed by atoms with Gasteiger partial charge in [0.1, 0.15) is 5.82 Å². The number of hydrogen-bond donors (Lipinski definition) is 2. The molecule has 1 heterocycles. The Morgan fingerprint density at radius 3 is 2.36 bits per heavy atom. The molecule has 3 rings (SSSR count). The lowest BCUT2D eigenvalue weighted by Crippen LogP contribution is -2.62. The number of nitrogens with one attached hydrogen (secondary N) is 2. The summed E-state index contributed by atoms with van der Waals surface area (Å²) in [6, 6.07) is 4.90. The first-order valence-corrected chi connectivity index (χ1v) is 9.49. The van der Waals surface area contributed by atoms with Gasteiger partial charge in [-0.3, -0.25) is 4.79 Å². The lowest BCUT2D eigenvalue weighted by molar-refractivity contribution is -0.129. The number of carbonyl (C=O) groups is 1. The zero-order valence-corrected chi connectivity index (χ0v) is 16.2. The second-order valence-corrected chi connectivity index (χ2v) is 9.40. The third kappa shape index (κ3) is 4.17. The minimum absolute atomic E-state index is 0.0129. The van der Waals surface area contributed by atoms with Crippen LogP contribution in [0.3, 0.4) is 0 Å². The molecule has 1 aromatic rings. The standard InChI is InChI=1S/C20H28ClFN2O/c1-19(2)10-13(11-20(3,4)24-19)23-18(25)16-8-7-14(16)15-6-5-12(21)9-17(15)22/h5-6,9,13-14,16,24H,7-8,10-11H2,1-4H3,(H,23,25). The van der Waals surface area contributed by atoms with Crippen molar-refractivity contribution >= 4 is 17.5 Å². The Hall–Kier alpha value is -1.13. The van der Waals surface area contributed by atoms with E-state index in [9.17, 15) is 9.18 Å². The molecule has 1 saturated heterocycles. The van der Waals surface area contributed by atoms with Crippen molar-refractivity contribution in [3.63, 3.8) is 0 Å². The van der Waals surface area contributed by atoms with Crippen molar-refractivity contribution in [3.8, 4) is 0 Å². The zero-order valence-electron chi connectivity index (χ0n) is 15.5. The SMILES string of the molecule is CC1(C)CC(NC(=O)C2CCC2c2ccc(Cl)cc2F)CC(C)(C)N1. The van der Waals surface area contributed by atoms with Gasteiger partial charge in [0, 0.05) is 28.1 Å². The molecule has 2 aliphatic rings. The van der Waals surface area contributed by atoms with E-state index in [0.717, 1.165) is 25.7 Å². The maximum Gasteiger partial charge on any atom is 0.223 e. The van der Waals surface area contributed by atoms with Crippen LogP contribution in [-0.2, 0) is 4.79 Å². The minimum Gasteiger partial charge on any atom is -0.353 e. The Balaban J connectivity index is 1.67. The van der Waals surface area contributed by atoms with Crippen molar-refractivity contribution < 1.29 is 9.18 Å². The average Bonchev–Trinajstić information content (AvgIpc) is 2.36. The van der Waals surface area contributed by atoms with Crippen LogP contribution in [0.25, 0.3) is 0 Å². The highest BCUT2D eigenvalue weighted by Crippen LogP contribution is 2.44. The van der Waals surface area contributed by atoms with Crippen LogP contribution >= 0.6 is 11.6 Å². The highest BCUT2D eigenvalue weighted by atomic mass is 35.5. The highest BCUT2D eigenvalue weighted by molar-refractivity contribution is 6.30. The van der Waals surface area contributed by atoms with Gasteiger partial charge in [-0.15, -0.1) is 0 Å². The van der Waals surface area contributed by atoms with Crippen LogP contribution in [-0.4, -0.2) is 23.0 Å². The van der Waals surface area contributed by atoms with Crippen LogP contribution in [0.1, 0.15) is 64.9 Å². The second-order valence-electron chi connectivity index (χ2n) is 8.96. The normalized spacial score (nSPS) is 28.2. The van der Waals surface area contributed by atoms with Gasteiger partial charge in [0.2, 0.25) is 5.91 Å². The average molecular weight is 367 g/mol. The molecule has 25 heavy (non-hydrogen) atoms. The van der Waals surface area contributed by atoms with E-state index in [1.165, 1.54) is 6.07 Å². The molecule has 1 saturated carbocycles. The fourth-order valence-electron chi connectivity index (χ4n) is 4.72. The van der Waals surface area contributed by atoms with E-state index in [2.05, 4.69) is 38.3 Å². The molecule has 2 N–H and O–H groups in total. The van der Waals surface area contributed by atoms with Gasteiger partial charge in [-0.2, -0.15) is 0 Å². The monoisotopic (exact) mass is 366 g/mol. The van der Waals surface area contributed by atoms with Crippen LogP contribution in [0.2, 0.25) is 5.02 Å². The molecule has 0 aromatic heterocycles. The second kappa shape index (κ2) is 6.55. The molecule has 1 aliphatic heterocycles. The molecule has 0 spiro atoms. The number of hydrogen-bond acceptors (Lipinski definition) is 2. The summed E-state index contributed by atoms with van der Waals surface area (Å²) in [5.41, 5.74) is 0.587. The molecule has 0 radical (unpaired) electrons. The molecule has 138 valence electrons. The molecular formula is C20H28ClFN2O. The van der Waals surface area contributed by atoms with Crippen molar-refractivity contribution in [2.24, 2.45) is 5.92 Å². The van der Waals surface area contributed by atoms with Gasteiger partial charge in [0.15, 0.2) is 0 Å². The number of halogens is 2. The van der Waals surface area contributed by atoms with E-state index in [-0.39, 0.29) is 40.7 Å². The summed E-state index contributed by atoms with van der Waals surface area (Å²) >= 11 is 5.84. The summed E-state index contributed by atoms with van der Waals surface area (Å²) in [5, 5.41) is 7.25. The molecule has 1 aromatic carbocycles. The smallest absolute Gasteiger partial charge is 0.223 e. The van der Waals surface area contributed by atoms with Gasteiger partial charge in [0.05, 0.1) is 0 Å². The van der Waals surface area contributed by atoms with Crippen molar-refractivity contribution in [2.45, 2.75) is 76.4 Å². The molecule has 2 fully saturated rings. The summed E-state index contributed by atoms with van der Waals surface area (Å²) in [6.45, 7) is 8.68. The molecule has 1 aliphatic carbocycles. The van der Waals surface area contributed by atoms with Gasteiger partial charge < -0.3 is 10.6 Å². The quantitative estimate of drug-likeness (QED) is 0.832. The van der Waals surface area contributed by atoms with Crippen LogP contribution in [0, 0.1) is 11.7 Å². The lowest BCUT2D eigenvalue weighted by atomic mass is 9.69. The summed E-state index contributed by atoms with van der Waals surface area (Å²) in [4.78, 5) is 12.8. The minimum atomic E-state index is -0.306. The number of benzene rings is 1. The van der Waals surface area contributed by atoms with Crippen LogP contribution in [0.5, 0.6) is 0 Å². The Bertz CT molecular complexity index is 658. The summed E-state index contributed by atoms with van der Waals surface area (Å²) in [7, 11) is 0. The number of rotatable bonds is 3. The highest BCUT2D eigenvalue weighted by Gasteiger charge is 2.42. The first-order valence-electron chi connectivity index (χ1n) is 9.11. The van der Waals surface area contributed by atoms with Crippen molar-refractivity contribution in [2.75, 3.05) is 0 Å². The van der Waals surface area contributed by atoms with Crippen molar-refractivity contribution in [3.05, 3.63) is 34.6 Å². The van der Waals surface area contributed by atoms with Crippen LogP contribution in [0.4, 0.5) is 4.39 Å². The van der Waals surface area contributed by atoms with Crippen LogP contribution < -0.4 is 10.6 Å². The maximum atomic E-state index is 14.2. The first kappa shape index (κ1) is 18.7. The Labute approximate surface area is 154 Å². The van der Waals surface area contributed by atoms with Gasteiger partial charge >= 0.3 is 0 Å². The predicted octanol–water partition coefficient (Wildman–Crippen LogP) is 4.40. The van der Waals surface area contributed by atoms with Gasteiger partial charge in [-0.1, -0.05) is 17.7 Å². The van der Waals surface area contributed by atoms with Gasteiger partial charge in [-0.05, 0) is 77.0 Å². The lowest BCUT2D eigenvalue weighted by Gasteiger charge is -2.47. The van der Waals surface area contributed by atoms with E-state index in [4.69, 9.17) is 11.6 Å². The van der Waals surface area contributed by atoms with E-state index in [0.29, 0.717) is 10.6 Å². The molecular weight excluding hydrogens is 339 g/mol. The van der Waals surface area contributed by atoms with Crippen molar-refractivity contribution in [1.82, 2.24) is 10.6 Å². The fraction of sp³-hybridized carbons (Fsp3) is 0.650. The van der Waals surface area contributed by atoms with E-state index < -0.39 is 0 Å². The first-order chi connectivity index (χ1) is 11.6. The molecule has 0 bridgehead atoms. The third-order valence-electron chi connectivity index (χ3n) is 5.51. The summed E-state index contributed by atoms with van der Waals surface area (Å²) in [6.07, 6.45) is 3.46. The Morgan fingerprint density at radius 1 is 1.20 bits per heavy atom. The van der Waals surface area contributed by atoms with E-state index in [1.54, 1.807) is 12.1 Å².